The minimum atomic E-state index is -3.58. The number of rotatable bonds is 8. The first-order valence-electron chi connectivity index (χ1n) is 8.41. The van der Waals surface area contributed by atoms with Crippen molar-refractivity contribution in [1.82, 2.24) is 9.62 Å². The molecule has 1 aromatic rings. The molecular formula is C17H26N2O4S. The van der Waals surface area contributed by atoms with Gasteiger partial charge in [-0.15, -0.1) is 0 Å². The second-order valence-electron chi connectivity index (χ2n) is 6.09. The largest absolute Gasteiger partial charge is 0.377 e. The van der Waals surface area contributed by atoms with E-state index in [1.54, 1.807) is 24.1 Å². The van der Waals surface area contributed by atoms with Gasteiger partial charge in [0, 0.05) is 32.3 Å². The Labute approximate surface area is 144 Å². The van der Waals surface area contributed by atoms with Gasteiger partial charge in [-0.05, 0) is 43.5 Å². The van der Waals surface area contributed by atoms with E-state index < -0.39 is 10.0 Å². The average molecular weight is 354 g/mol. The predicted octanol–water partition coefficient (Wildman–Crippen LogP) is 2.02. The number of carbonyl (C=O) groups is 1. The number of carbonyl (C=O) groups excluding carboxylic acids is 1. The van der Waals surface area contributed by atoms with Gasteiger partial charge in [-0.2, -0.15) is 0 Å². The van der Waals surface area contributed by atoms with Gasteiger partial charge in [-0.3, -0.25) is 4.79 Å². The molecule has 0 spiro atoms. The molecule has 1 aliphatic rings. The monoisotopic (exact) mass is 354 g/mol. The zero-order valence-corrected chi connectivity index (χ0v) is 15.1. The summed E-state index contributed by atoms with van der Waals surface area (Å²) in [7, 11) is -1.82. The van der Waals surface area contributed by atoms with Crippen LogP contribution < -0.4 is 4.72 Å². The molecule has 1 aliphatic heterocycles. The van der Waals surface area contributed by atoms with E-state index in [1.165, 1.54) is 12.1 Å². The second kappa shape index (κ2) is 8.60. The molecule has 1 aromatic carbocycles. The highest BCUT2D eigenvalue weighted by molar-refractivity contribution is 7.89. The van der Waals surface area contributed by atoms with Crippen LogP contribution in [-0.2, 0) is 14.8 Å². The number of hydrogen-bond donors (Lipinski definition) is 1. The van der Waals surface area contributed by atoms with E-state index >= 15 is 0 Å². The Balaban J connectivity index is 1.98. The fourth-order valence-corrected chi connectivity index (χ4v) is 3.65. The highest BCUT2D eigenvalue weighted by atomic mass is 32.2. The SMILES string of the molecule is CCCCN(C)C(=O)c1ccc(S(=O)(=O)NCC2CCCO2)cc1. The standard InChI is InChI=1S/C17H26N2O4S/c1-3-4-11-19(2)17(20)14-7-9-16(10-8-14)24(21,22)18-13-15-6-5-12-23-15/h7-10,15,18H,3-6,11-13H2,1-2H3. The third-order valence-electron chi connectivity index (χ3n) is 4.13. The van der Waals surface area contributed by atoms with Crippen LogP contribution in [0.2, 0.25) is 0 Å². The van der Waals surface area contributed by atoms with Crippen LogP contribution >= 0.6 is 0 Å². The molecule has 7 heteroatoms. The second-order valence-corrected chi connectivity index (χ2v) is 7.86. The highest BCUT2D eigenvalue weighted by Crippen LogP contribution is 2.14. The minimum Gasteiger partial charge on any atom is -0.377 e. The van der Waals surface area contributed by atoms with Crippen molar-refractivity contribution in [3.8, 4) is 0 Å². The first kappa shape index (κ1) is 18.9. The lowest BCUT2D eigenvalue weighted by molar-refractivity contribution is 0.0793. The van der Waals surface area contributed by atoms with Crippen molar-refractivity contribution in [3.05, 3.63) is 29.8 Å². The molecule has 0 saturated carbocycles. The lowest BCUT2D eigenvalue weighted by Crippen LogP contribution is -2.32. The first-order valence-corrected chi connectivity index (χ1v) is 9.89. The molecule has 1 saturated heterocycles. The number of nitrogens with one attached hydrogen (secondary N) is 1. The molecular weight excluding hydrogens is 328 g/mol. The van der Waals surface area contributed by atoms with Crippen LogP contribution in [-0.4, -0.2) is 52.1 Å². The van der Waals surface area contributed by atoms with Gasteiger partial charge >= 0.3 is 0 Å². The number of unbranched alkanes of at least 4 members (excludes halogenated alkanes) is 1. The normalized spacial score (nSPS) is 17.8. The maximum absolute atomic E-state index is 12.3. The molecule has 0 aromatic heterocycles. The molecule has 1 fully saturated rings. The van der Waals surface area contributed by atoms with Crippen molar-refractivity contribution >= 4 is 15.9 Å². The van der Waals surface area contributed by atoms with Gasteiger partial charge in [0.2, 0.25) is 10.0 Å². The quantitative estimate of drug-likeness (QED) is 0.775. The summed E-state index contributed by atoms with van der Waals surface area (Å²) in [5, 5.41) is 0. The summed E-state index contributed by atoms with van der Waals surface area (Å²) in [4.78, 5) is 14.1. The summed E-state index contributed by atoms with van der Waals surface area (Å²) in [6.07, 6.45) is 3.76. The van der Waals surface area contributed by atoms with Gasteiger partial charge in [-0.25, -0.2) is 13.1 Å². The summed E-state index contributed by atoms with van der Waals surface area (Å²) < 4.78 is 32.6. The first-order chi connectivity index (χ1) is 11.4. The summed E-state index contributed by atoms with van der Waals surface area (Å²) in [5.41, 5.74) is 0.492. The van der Waals surface area contributed by atoms with E-state index in [9.17, 15) is 13.2 Å². The van der Waals surface area contributed by atoms with Crippen molar-refractivity contribution in [3.63, 3.8) is 0 Å². The van der Waals surface area contributed by atoms with Gasteiger partial charge in [-0.1, -0.05) is 13.3 Å². The maximum Gasteiger partial charge on any atom is 0.253 e. The van der Waals surface area contributed by atoms with E-state index in [-0.39, 0.29) is 23.5 Å². The van der Waals surface area contributed by atoms with Gasteiger partial charge in [0.1, 0.15) is 0 Å². The summed E-state index contributed by atoms with van der Waals surface area (Å²) >= 11 is 0. The predicted molar refractivity (Wildman–Crippen MR) is 92.5 cm³/mol. The van der Waals surface area contributed by atoms with Crippen LogP contribution in [0.25, 0.3) is 0 Å². The Hall–Kier alpha value is -1.44. The zero-order valence-electron chi connectivity index (χ0n) is 14.3. The summed E-state index contributed by atoms with van der Waals surface area (Å²) in [6.45, 7) is 3.73. The molecule has 2 rings (SSSR count). The van der Waals surface area contributed by atoms with Crippen LogP contribution in [0.4, 0.5) is 0 Å². The molecule has 6 nitrogen and oxygen atoms in total. The summed E-state index contributed by atoms with van der Waals surface area (Å²) in [5.74, 6) is -0.0975. The molecule has 1 heterocycles. The van der Waals surface area contributed by atoms with Crippen molar-refractivity contribution in [1.29, 1.82) is 0 Å². The smallest absolute Gasteiger partial charge is 0.253 e. The molecule has 24 heavy (non-hydrogen) atoms. The minimum absolute atomic E-state index is 0.0483. The Bertz CT molecular complexity index is 637. The third-order valence-corrected chi connectivity index (χ3v) is 5.57. The molecule has 1 N–H and O–H groups in total. The van der Waals surface area contributed by atoms with E-state index in [0.717, 1.165) is 25.7 Å². The molecule has 134 valence electrons. The maximum atomic E-state index is 12.3. The van der Waals surface area contributed by atoms with E-state index in [4.69, 9.17) is 4.74 Å². The molecule has 1 amide bonds. The van der Waals surface area contributed by atoms with Crippen LogP contribution in [0, 0.1) is 0 Å². The van der Waals surface area contributed by atoms with Crippen molar-refractivity contribution in [2.75, 3.05) is 26.7 Å². The number of sulfonamides is 1. The van der Waals surface area contributed by atoms with Crippen LogP contribution in [0.3, 0.4) is 0 Å². The van der Waals surface area contributed by atoms with Crippen LogP contribution in [0.5, 0.6) is 0 Å². The van der Waals surface area contributed by atoms with Gasteiger partial charge in [0.15, 0.2) is 0 Å². The third kappa shape index (κ3) is 5.03. The van der Waals surface area contributed by atoms with E-state index in [0.29, 0.717) is 18.7 Å². The van der Waals surface area contributed by atoms with Crippen molar-refractivity contribution in [2.24, 2.45) is 0 Å². The fraction of sp³-hybridized carbons (Fsp3) is 0.588. The Kier molecular flexibility index (Phi) is 6.77. The van der Waals surface area contributed by atoms with Crippen molar-refractivity contribution < 1.29 is 17.9 Å². The number of benzene rings is 1. The van der Waals surface area contributed by atoms with Crippen LogP contribution in [0.15, 0.2) is 29.2 Å². The van der Waals surface area contributed by atoms with E-state index in [1.807, 2.05) is 0 Å². The Morgan fingerprint density at radius 1 is 1.33 bits per heavy atom. The summed E-state index contributed by atoms with van der Waals surface area (Å²) in [6, 6.07) is 6.06. The fourth-order valence-electron chi connectivity index (χ4n) is 2.59. The van der Waals surface area contributed by atoms with Crippen LogP contribution in [0.1, 0.15) is 43.0 Å². The van der Waals surface area contributed by atoms with Gasteiger partial charge < -0.3 is 9.64 Å². The van der Waals surface area contributed by atoms with Gasteiger partial charge in [0.05, 0.1) is 11.0 Å². The van der Waals surface area contributed by atoms with Gasteiger partial charge in [0.25, 0.3) is 5.91 Å². The topological polar surface area (TPSA) is 75.7 Å². The lowest BCUT2D eigenvalue weighted by Gasteiger charge is -2.17. The number of amides is 1. The van der Waals surface area contributed by atoms with E-state index in [2.05, 4.69) is 11.6 Å². The number of nitrogens with zero attached hydrogens (tertiary/aromatic N) is 1. The molecule has 1 atom stereocenters. The molecule has 0 radical (unpaired) electrons. The highest BCUT2D eigenvalue weighted by Gasteiger charge is 2.20. The molecule has 0 aliphatic carbocycles. The molecule has 1 unspecified atom stereocenters. The number of ether oxygens (including phenoxy) is 1. The molecule has 0 bridgehead atoms. The number of hydrogen-bond acceptors (Lipinski definition) is 4. The lowest BCUT2D eigenvalue weighted by atomic mass is 10.2. The zero-order chi connectivity index (χ0) is 17.6. The Morgan fingerprint density at radius 3 is 2.62 bits per heavy atom. The average Bonchev–Trinajstić information content (AvgIpc) is 3.11. The van der Waals surface area contributed by atoms with Crippen molar-refractivity contribution in [2.45, 2.75) is 43.6 Å². The Morgan fingerprint density at radius 2 is 2.04 bits per heavy atom.